The predicted molar refractivity (Wildman–Crippen MR) is 88.3 cm³/mol. The lowest BCUT2D eigenvalue weighted by molar-refractivity contribution is 0.0597. The zero-order chi connectivity index (χ0) is 16.7. The average molecular weight is 345 g/mol. The molecular weight excluding hydrogens is 326 g/mol. The van der Waals surface area contributed by atoms with Crippen LogP contribution in [0.1, 0.15) is 36.0 Å². The molecule has 3 atom stereocenters. The van der Waals surface area contributed by atoms with Crippen LogP contribution in [0.5, 0.6) is 0 Å². The first-order valence-electron chi connectivity index (χ1n) is 8.21. The zero-order valence-electron chi connectivity index (χ0n) is 13.2. The van der Waals surface area contributed by atoms with E-state index in [-0.39, 0.29) is 18.0 Å². The predicted octanol–water partition coefficient (Wildman–Crippen LogP) is 2.89. The van der Waals surface area contributed by atoms with E-state index in [2.05, 4.69) is 0 Å². The highest BCUT2D eigenvalue weighted by Gasteiger charge is 2.47. The number of amides is 1. The molecular formula is C18H19NO4S. The summed E-state index contributed by atoms with van der Waals surface area (Å²) in [6.07, 6.45) is 5.70. The fraction of sp³-hybridized carbons (Fsp3) is 0.389. The maximum atomic E-state index is 12.9. The number of hydrogen-bond donors (Lipinski definition) is 0. The van der Waals surface area contributed by atoms with Gasteiger partial charge in [0.15, 0.2) is 9.84 Å². The highest BCUT2D eigenvalue weighted by Crippen LogP contribution is 2.40. The Morgan fingerprint density at radius 1 is 1.04 bits per heavy atom. The molecule has 1 aromatic heterocycles. The minimum Gasteiger partial charge on any atom is -0.472 e. The summed E-state index contributed by atoms with van der Waals surface area (Å²) in [4.78, 5) is 14.9. The number of rotatable bonds is 3. The number of sulfone groups is 1. The van der Waals surface area contributed by atoms with Crippen molar-refractivity contribution in [2.45, 2.75) is 47.9 Å². The highest BCUT2D eigenvalue weighted by atomic mass is 32.2. The molecule has 5 nitrogen and oxygen atoms in total. The molecule has 2 aromatic rings. The van der Waals surface area contributed by atoms with Crippen molar-refractivity contribution in [1.82, 2.24) is 4.90 Å². The minimum absolute atomic E-state index is 0.00497. The summed E-state index contributed by atoms with van der Waals surface area (Å²) in [6, 6.07) is 10.3. The Kier molecular flexibility index (Phi) is 3.72. The van der Waals surface area contributed by atoms with Crippen molar-refractivity contribution >= 4 is 15.7 Å². The van der Waals surface area contributed by atoms with Crippen molar-refractivity contribution in [3.63, 3.8) is 0 Å². The largest absolute Gasteiger partial charge is 0.472 e. The maximum absolute atomic E-state index is 12.9. The van der Waals surface area contributed by atoms with E-state index in [4.69, 9.17) is 4.42 Å². The summed E-state index contributed by atoms with van der Waals surface area (Å²) in [7, 11) is -3.35. The van der Waals surface area contributed by atoms with Gasteiger partial charge < -0.3 is 9.32 Å². The van der Waals surface area contributed by atoms with Gasteiger partial charge in [0.25, 0.3) is 5.91 Å². The Hall–Kier alpha value is -2.08. The second-order valence-electron chi connectivity index (χ2n) is 6.56. The molecule has 6 heteroatoms. The third-order valence-electron chi connectivity index (χ3n) is 5.20. The lowest BCUT2D eigenvalue weighted by atomic mass is 10.0. The van der Waals surface area contributed by atoms with E-state index in [0.717, 1.165) is 12.8 Å². The molecule has 0 spiro atoms. The molecule has 0 saturated carbocycles. The first kappa shape index (κ1) is 15.4. The van der Waals surface area contributed by atoms with Crippen molar-refractivity contribution in [2.75, 3.05) is 0 Å². The number of carbonyl (C=O) groups excluding carboxylic acids is 1. The number of fused-ring (bicyclic) bond motifs is 2. The number of piperidine rings is 1. The summed E-state index contributed by atoms with van der Waals surface area (Å²) in [5.41, 5.74) is 0.538. The number of hydrogen-bond acceptors (Lipinski definition) is 4. The Balaban J connectivity index is 1.58. The fourth-order valence-electron chi connectivity index (χ4n) is 4.05. The molecule has 2 aliphatic rings. The second kappa shape index (κ2) is 5.77. The average Bonchev–Trinajstić information content (AvgIpc) is 3.21. The Bertz CT molecular complexity index is 815. The summed E-state index contributed by atoms with van der Waals surface area (Å²) < 4.78 is 30.8. The topological polar surface area (TPSA) is 67.6 Å². The van der Waals surface area contributed by atoms with E-state index < -0.39 is 15.1 Å². The summed E-state index contributed by atoms with van der Waals surface area (Å²) >= 11 is 0. The van der Waals surface area contributed by atoms with E-state index >= 15 is 0 Å². The first-order chi connectivity index (χ1) is 11.6. The van der Waals surface area contributed by atoms with Crippen LogP contribution in [0.3, 0.4) is 0 Å². The van der Waals surface area contributed by atoms with Gasteiger partial charge in [-0.1, -0.05) is 18.2 Å². The lowest BCUT2D eigenvalue weighted by Crippen LogP contribution is -2.49. The number of nitrogens with zero attached hydrogens (tertiary/aromatic N) is 1. The molecule has 3 heterocycles. The monoisotopic (exact) mass is 345 g/mol. The van der Waals surface area contributed by atoms with E-state index in [1.54, 1.807) is 30.3 Å². The molecule has 2 saturated heterocycles. The molecule has 0 N–H and O–H groups in total. The van der Waals surface area contributed by atoms with Gasteiger partial charge in [-0.25, -0.2) is 8.42 Å². The van der Waals surface area contributed by atoms with Gasteiger partial charge >= 0.3 is 0 Å². The standard InChI is InChI=1S/C18H19NO4S/c20-18(13-8-9-23-12-13)19-14-6-7-15(19)11-17(10-14)24(21,22)16-4-2-1-3-5-16/h1-5,8-9,12,14-15,17H,6-7,10-11H2/t14-,15+,17?. The van der Waals surface area contributed by atoms with Crippen LogP contribution < -0.4 is 0 Å². The second-order valence-corrected chi connectivity index (χ2v) is 8.79. The Morgan fingerprint density at radius 2 is 1.71 bits per heavy atom. The molecule has 1 aromatic carbocycles. The van der Waals surface area contributed by atoms with Crippen molar-refractivity contribution < 1.29 is 17.6 Å². The van der Waals surface area contributed by atoms with Crippen molar-refractivity contribution in [2.24, 2.45) is 0 Å². The normalized spacial score (nSPS) is 26.5. The van der Waals surface area contributed by atoms with Gasteiger partial charge in [0.2, 0.25) is 0 Å². The van der Waals surface area contributed by atoms with E-state index in [0.29, 0.717) is 23.3 Å². The zero-order valence-corrected chi connectivity index (χ0v) is 14.0. The fourth-order valence-corrected chi connectivity index (χ4v) is 5.92. The number of furan rings is 1. The van der Waals surface area contributed by atoms with Gasteiger partial charge in [-0.2, -0.15) is 0 Å². The Morgan fingerprint density at radius 3 is 2.29 bits per heavy atom. The van der Waals surface area contributed by atoms with Crippen LogP contribution >= 0.6 is 0 Å². The minimum atomic E-state index is -3.35. The van der Waals surface area contributed by atoms with Crippen LogP contribution in [0, 0.1) is 0 Å². The lowest BCUT2D eigenvalue weighted by Gasteiger charge is -2.38. The van der Waals surface area contributed by atoms with Crippen molar-refractivity contribution in [1.29, 1.82) is 0 Å². The molecule has 1 unspecified atom stereocenters. The molecule has 126 valence electrons. The van der Waals surface area contributed by atoms with Crippen LogP contribution in [0.4, 0.5) is 0 Å². The van der Waals surface area contributed by atoms with Crippen LogP contribution in [-0.4, -0.2) is 36.6 Å². The highest BCUT2D eigenvalue weighted by molar-refractivity contribution is 7.92. The van der Waals surface area contributed by atoms with Gasteiger partial charge in [-0.05, 0) is 43.9 Å². The van der Waals surface area contributed by atoms with E-state index in [1.807, 2.05) is 11.0 Å². The molecule has 24 heavy (non-hydrogen) atoms. The third kappa shape index (κ3) is 2.45. The van der Waals surface area contributed by atoms with E-state index in [9.17, 15) is 13.2 Å². The van der Waals surface area contributed by atoms with Gasteiger partial charge in [-0.3, -0.25) is 4.79 Å². The molecule has 1 amide bonds. The SMILES string of the molecule is O=C(c1ccoc1)N1[C@@H]2CC[C@H]1CC(S(=O)(=O)c1ccccc1)C2. The van der Waals surface area contributed by atoms with Crippen LogP contribution in [0.25, 0.3) is 0 Å². The van der Waals surface area contributed by atoms with Crippen molar-refractivity contribution in [3.8, 4) is 0 Å². The van der Waals surface area contributed by atoms with Gasteiger partial charge in [0.05, 0.1) is 22.0 Å². The van der Waals surface area contributed by atoms with Crippen LogP contribution in [-0.2, 0) is 9.84 Å². The molecule has 2 aliphatic heterocycles. The maximum Gasteiger partial charge on any atom is 0.257 e. The summed E-state index contributed by atoms with van der Waals surface area (Å²) in [6.45, 7) is 0. The van der Waals surface area contributed by atoms with Crippen LogP contribution in [0.2, 0.25) is 0 Å². The van der Waals surface area contributed by atoms with Crippen molar-refractivity contribution in [3.05, 3.63) is 54.5 Å². The molecule has 2 bridgehead atoms. The van der Waals surface area contributed by atoms with Gasteiger partial charge in [0.1, 0.15) is 6.26 Å². The molecule has 0 radical (unpaired) electrons. The van der Waals surface area contributed by atoms with Gasteiger partial charge in [-0.15, -0.1) is 0 Å². The Labute approximate surface area is 141 Å². The van der Waals surface area contributed by atoms with Gasteiger partial charge in [0, 0.05) is 12.1 Å². The number of benzene rings is 1. The molecule has 4 rings (SSSR count). The summed E-state index contributed by atoms with van der Waals surface area (Å²) in [5.74, 6) is -0.0493. The smallest absolute Gasteiger partial charge is 0.257 e. The third-order valence-corrected chi connectivity index (χ3v) is 7.39. The summed E-state index contributed by atoms with van der Waals surface area (Å²) in [5, 5.41) is -0.411. The first-order valence-corrected chi connectivity index (χ1v) is 9.76. The number of carbonyl (C=O) groups is 1. The van der Waals surface area contributed by atoms with E-state index in [1.165, 1.54) is 12.5 Å². The van der Waals surface area contributed by atoms with Crippen LogP contribution in [0.15, 0.2) is 58.2 Å². The molecule has 2 fully saturated rings. The molecule has 0 aliphatic carbocycles. The quantitative estimate of drug-likeness (QED) is 0.858.